The molecule has 0 atom stereocenters. The first-order valence-electron chi connectivity index (χ1n) is 15.0. The van der Waals surface area contributed by atoms with Crippen LogP contribution in [0, 0.1) is 6.92 Å². The predicted molar refractivity (Wildman–Crippen MR) is 177 cm³/mol. The van der Waals surface area contributed by atoms with Crippen LogP contribution in [-0.2, 0) is 14.3 Å². The van der Waals surface area contributed by atoms with Crippen LogP contribution in [0.25, 0.3) is 16.5 Å². The van der Waals surface area contributed by atoms with E-state index in [1.54, 1.807) is 13.0 Å². The zero-order chi connectivity index (χ0) is 30.9. The summed E-state index contributed by atoms with van der Waals surface area (Å²) in [5.74, 6) is 0.0902. The van der Waals surface area contributed by atoms with Crippen molar-refractivity contribution >= 4 is 34.0 Å². The van der Waals surface area contributed by atoms with Crippen molar-refractivity contribution in [2.24, 2.45) is 0 Å². The first kappa shape index (κ1) is 30.4. The van der Waals surface area contributed by atoms with E-state index in [9.17, 15) is 9.59 Å². The molecule has 0 aliphatic heterocycles. The third kappa shape index (κ3) is 7.45. The number of anilines is 1. The summed E-state index contributed by atoms with van der Waals surface area (Å²) in [7, 11) is 0. The lowest BCUT2D eigenvalue weighted by atomic mass is 9.98. The van der Waals surface area contributed by atoms with Crippen molar-refractivity contribution in [2.45, 2.75) is 39.7 Å². The zero-order valence-electron chi connectivity index (χ0n) is 25.5. The first-order valence-corrected chi connectivity index (χ1v) is 15.0. The Morgan fingerprint density at radius 3 is 2.27 bits per heavy atom. The van der Waals surface area contributed by atoms with E-state index in [2.05, 4.69) is 88.9 Å². The highest BCUT2D eigenvalue weighted by molar-refractivity contribution is 6.05. The molecule has 0 saturated heterocycles. The maximum Gasteiger partial charge on any atom is 0.305 e. The van der Waals surface area contributed by atoms with E-state index in [0.29, 0.717) is 31.1 Å². The van der Waals surface area contributed by atoms with Crippen molar-refractivity contribution < 1.29 is 19.1 Å². The molecular weight excluding hydrogens is 548 g/mol. The number of benzene rings is 4. The molecule has 5 rings (SSSR count). The van der Waals surface area contributed by atoms with Gasteiger partial charge in [-0.2, -0.15) is 0 Å². The largest absolute Gasteiger partial charge is 0.491 e. The fourth-order valence-corrected chi connectivity index (χ4v) is 5.35. The van der Waals surface area contributed by atoms with Crippen LogP contribution in [0.15, 0.2) is 115 Å². The topological polar surface area (TPSA) is 69.6 Å². The SMILES string of the molecule is CCOC(=O)CCCOc1cc(C)ccc1NC(=O)/C=C(\C)c1ccc2c(ccn2C(c2ccccc2)c2ccccc2)c1. The van der Waals surface area contributed by atoms with Gasteiger partial charge in [-0.15, -0.1) is 0 Å². The standard InChI is InChI=1S/C38H38N2O4/c1-4-43-37(42)16-11-23-44-35-24-27(2)17-19-33(35)39-36(41)25-28(3)31-18-20-34-32(26-31)21-22-40(34)38(29-12-7-5-8-13-29)30-14-9-6-10-15-30/h5-10,12-15,17-22,24-26,38H,4,11,16,23H2,1-3H3,(H,39,41)/b28-25+. The summed E-state index contributed by atoms with van der Waals surface area (Å²) < 4.78 is 13.2. The first-order chi connectivity index (χ1) is 21.4. The molecule has 5 aromatic rings. The van der Waals surface area contributed by atoms with Gasteiger partial charge in [-0.1, -0.05) is 72.8 Å². The fourth-order valence-electron chi connectivity index (χ4n) is 5.35. The van der Waals surface area contributed by atoms with Crippen molar-refractivity contribution in [3.05, 3.63) is 138 Å². The van der Waals surface area contributed by atoms with Crippen molar-refractivity contribution in [1.82, 2.24) is 4.57 Å². The highest BCUT2D eigenvalue weighted by atomic mass is 16.5. The minimum atomic E-state index is -0.242. The van der Waals surface area contributed by atoms with Crippen molar-refractivity contribution in [2.75, 3.05) is 18.5 Å². The van der Waals surface area contributed by atoms with E-state index in [4.69, 9.17) is 9.47 Å². The van der Waals surface area contributed by atoms with E-state index in [0.717, 1.165) is 27.6 Å². The molecule has 0 aliphatic carbocycles. The van der Waals surface area contributed by atoms with Gasteiger partial charge in [0, 0.05) is 29.6 Å². The highest BCUT2D eigenvalue weighted by Crippen LogP contribution is 2.32. The fraction of sp³-hybridized carbons (Fsp3) is 0.211. The molecule has 0 spiro atoms. The molecule has 1 amide bonds. The number of hydrogen-bond donors (Lipinski definition) is 1. The minimum Gasteiger partial charge on any atom is -0.491 e. The van der Waals surface area contributed by atoms with E-state index < -0.39 is 0 Å². The normalized spacial score (nSPS) is 11.5. The Bertz CT molecular complexity index is 1720. The third-order valence-electron chi connectivity index (χ3n) is 7.52. The van der Waals surface area contributed by atoms with Crippen LogP contribution < -0.4 is 10.1 Å². The summed E-state index contributed by atoms with van der Waals surface area (Å²) in [4.78, 5) is 24.7. The molecule has 1 aromatic heterocycles. The van der Waals surface area contributed by atoms with Crippen LogP contribution in [0.2, 0.25) is 0 Å². The maximum atomic E-state index is 13.1. The van der Waals surface area contributed by atoms with Gasteiger partial charge in [0.05, 0.1) is 24.9 Å². The Kier molecular flexibility index (Phi) is 9.92. The lowest BCUT2D eigenvalue weighted by Crippen LogP contribution is -2.11. The Hall–Kier alpha value is -5.10. The van der Waals surface area contributed by atoms with Crippen LogP contribution in [-0.4, -0.2) is 29.7 Å². The van der Waals surface area contributed by atoms with Crippen LogP contribution in [0.1, 0.15) is 55.0 Å². The summed E-state index contributed by atoms with van der Waals surface area (Å²) in [6, 6.07) is 35.2. The second-order valence-corrected chi connectivity index (χ2v) is 10.8. The van der Waals surface area contributed by atoms with E-state index in [-0.39, 0.29) is 24.3 Å². The molecule has 6 heteroatoms. The minimum absolute atomic E-state index is 0.0410. The van der Waals surface area contributed by atoms with Gasteiger partial charge in [0.15, 0.2) is 0 Å². The number of aryl methyl sites for hydroxylation is 1. The highest BCUT2D eigenvalue weighted by Gasteiger charge is 2.18. The Balaban J connectivity index is 1.32. The molecule has 0 fully saturated rings. The Labute approximate surface area is 258 Å². The number of amides is 1. The van der Waals surface area contributed by atoms with Gasteiger partial charge in [-0.25, -0.2) is 0 Å². The summed E-state index contributed by atoms with van der Waals surface area (Å²) >= 11 is 0. The van der Waals surface area contributed by atoms with Gasteiger partial charge in [0.25, 0.3) is 0 Å². The quantitative estimate of drug-likeness (QED) is 0.0906. The van der Waals surface area contributed by atoms with E-state index >= 15 is 0 Å². The zero-order valence-corrected chi connectivity index (χ0v) is 25.5. The molecule has 1 N–H and O–H groups in total. The number of carbonyl (C=O) groups is 2. The molecule has 1 heterocycles. The molecule has 0 bridgehead atoms. The van der Waals surface area contributed by atoms with Gasteiger partial charge >= 0.3 is 5.97 Å². The van der Waals surface area contributed by atoms with Gasteiger partial charge < -0.3 is 19.4 Å². The molecule has 44 heavy (non-hydrogen) atoms. The molecule has 224 valence electrons. The average Bonchev–Trinajstić information content (AvgIpc) is 3.44. The summed E-state index contributed by atoms with van der Waals surface area (Å²) in [5.41, 5.74) is 6.97. The van der Waals surface area contributed by atoms with Crippen LogP contribution in [0.4, 0.5) is 5.69 Å². The second-order valence-electron chi connectivity index (χ2n) is 10.8. The van der Waals surface area contributed by atoms with Gasteiger partial charge in [0.1, 0.15) is 5.75 Å². The lowest BCUT2D eigenvalue weighted by molar-refractivity contribution is -0.143. The number of nitrogens with zero attached hydrogens (tertiary/aromatic N) is 1. The molecule has 0 saturated carbocycles. The molecule has 0 aliphatic rings. The monoisotopic (exact) mass is 586 g/mol. The Morgan fingerprint density at radius 2 is 1.59 bits per heavy atom. The van der Waals surface area contributed by atoms with Gasteiger partial charge in [-0.3, -0.25) is 9.59 Å². The molecular formula is C38H38N2O4. The smallest absolute Gasteiger partial charge is 0.305 e. The van der Waals surface area contributed by atoms with E-state index in [1.165, 1.54) is 11.1 Å². The van der Waals surface area contributed by atoms with Crippen molar-refractivity contribution in [1.29, 1.82) is 0 Å². The molecule has 6 nitrogen and oxygen atoms in total. The predicted octanol–water partition coefficient (Wildman–Crippen LogP) is 8.35. The summed E-state index contributed by atoms with van der Waals surface area (Å²) in [6.45, 7) is 6.40. The molecule has 0 unspecified atom stereocenters. The summed E-state index contributed by atoms with van der Waals surface area (Å²) in [5, 5.41) is 4.07. The number of esters is 1. The van der Waals surface area contributed by atoms with Crippen LogP contribution >= 0.6 is 0 Å². The lowest BCUT2D eigenvalue weighted by Gasteiger charge is -2.21. The maximum absolute atomic E-state index is 13.1. The molecule has 4 aromatic carbocycles. The Morgan fingerprint density at radius 1 is 0.886 bits per heavy atom. The second kappa shape index (κ2) is 14.4. The number of ether oxygens (including phenoxy) is 2. The van der Waals surface area contributed by atoms with Gasteiger partial charge in [0.2, 0.25) is 5.91 Å². The molecule has 0 radical (unpaired) electrons. The third-order valence-corrected chi connectivity index (χ3v) is 7.52. The number of nitrogens with one attached hydrogen (secondary N) is 1. The number of carbonyl (C=O) groups excluding carboxylic acids is 2. The number of rotatable bonds is 12. The number of fused-ring (bicyclic) bond motifs is 1. The van der Waals surface area contributed by atoms with E-state index in [1.807, 2.05) is 44.2 Å². The summed E-state index contributed by atoms with van der Waals surface area (Å²) in [6.07, 6.45) is 4.56. The van der Waals surface area contributed by atoms with Crippen LogP contribution in [0.3, 0.4) is 0 Å². The number of hydrogen-bond acceptors (Lipinski definition) is 4. The average molecular weight is 587 g/mol. The van der Waals surface area contributed by atoms with Crippen molar-refractivity contribution in [3.8, 4) is 5.75 Å². The number of aromatic nitrogens is 1. The van der Waals surface area contributed by atoms with Gasteiger partial charge in [-0.05, 0) is 85.4 Å². The van der Waals surface area contributed by atoms with Crippen molar-refractivity contribution in [3.63, 3.8) is 0 Å². The van der Waals surface area contributed by atoms with Crippen LogP contribution in [0.5, 0.6) is 5.75 Å². The number of allylic oxidation sites excluding steroid dienone is 1.